The van der Waals surface area contributed by atoms with Crippen molar-refractivity contribution < 1.29 is 9.18 Å². The first kappa shape index (κ1) is 12.6. The Bertz CT molecular complexity index is 672. The SMILES string of the molecule is NCc1c(F)cccc1N1CC(=O)Nc2ccccc21. The van der Waals surface area contributed by atoms with E-state index in [9.17, 15) is 9.18 Å². The second-order valence-electron chi connectivity index (χ2n) is 4.59. The van der Waals surface area contributed by atoms with Gasteiger partial charge in [-0.15, -0.1) is 0 Å². The van der Waals surface area contributed by atoms with Crippen LogP contribution >= 0.6 is 0 Å². The van der Waals surface area contributed by atoms with Gasteiger partial charge in [0.1, 0.15) is 12.4 Å². The molecule has 5 heteroatoms. The van der Waals surface area contributed by atoms with Crippen LogP contribution < -0.4 is 16.0 Å². The van der Waals surface area contributed by atoms with Crippen LogP contribution in [-0.2, 0) is 11.3 Å². The van der Waals surface area contributed by atoms with Crippen molar-refractivity contribution in [3.05, 3.63) is 53.8 Å². The Morgan fingerprint density at radius 2 is 1.90 bits per heavy atom. The molecule has 0 aromatic heterocycles. The fraction of sp³-hybridized carbons (Fsp3) is 0.133. The maximum atomic E-state index is 13.9. The van der Waals surface area contributed by atoms with E-state index in [1.807, 2.05) is 24.3 Å². The molecule has 0 unspecified atom stereocenters. The summed E-state index contributed by atoms with van der Waals surface area (Å²) in [6.45, 7) is 0.232. The summed E-state index contributed by atoms with van der Waals surface area (Å²) in [6, 6.07) is 12.2. The number of para-hydroxylation sites is 2. The Morgan fingerprint density at radius 3 is 2.70 bits per heavy atom. The minimum absolute atomic E-state index is 0.0856. The van der Waals surface area contributed by atoms with Crippen molar-refractivity contribution in [3.63, 3.8) is 0 Å². The number of anilines is 3. The van der Waals surface area contributed by atoms with Crippen LogP contribution in [0.15, 0.2) is 42.5 Å². The number of rotatable bonds is 2. The van der Waals surface area contributed by atoms with E-state index in [1.54, 1.807) is 17.0 Å². The highest BCUT2D eigenvalue weighted by Crippen LogP contribution is 2.36. The van der Waals surface area contributed by atoms with Crippen LogP contribution in [0.5, 0.6) is 0 Å². The number of halogens is 1. The number of amides is 1. The van der Waals surface area contributed by atoms with Crippen LogP contribution in [-0.4, -0.2) is 12.5 Å². The van der Waals surface area contributed by atoms with E-state index in [0.29, 0.717) is 11.3 Å². The summed E-state index contributed by atoms with van der Waals surface area (Å²) in [5, 5.41) is 2.81. The molecule has 0 saturated carbocycles. The van der Waals surface area contributed by atoms with E-state index in [-0.39, 0.29) is 24.8 Å². The molecule has 4 nitrogen and oxygen atoms in total. The van der Waals surface area contributed by atoms with E-state index >= 15 is 0 Å². The normalized spacial score (nSPS) is 13.9. The summed E-state index contributed by atoms with van der Waals surface area (Å²) < 4.78 is 13.9. The molecular weight excluding hydrogens is 257 g/mol. The van der Waals surface area contributed by atoms with Crippen molar-refractivity contribution in [3.8, 4) is 0 Å². The summed E-state index contributed by atoms with van der Waals surface area (Å²) in [5.74, 6) is -0.482. The smallest absolute Gasteiger partial charge is 0.244 e. The quantitative estimate of drug-likeness (QED) is 0.881. The number of fused-ring (bicyclic) bond motifs is 1. The van der Waals surface area contributed by atoms with Crippen LogP contribution in [0.2, 0.25) is 0 Å². The fourth-order valence-corrected chi connectivity index (χ4v) is 2.45. The van der Waals surface area contributed by atoms with E-state index in [2.05, 4.69) is 5.32 Å². The molecule has 2 aromatic rings. The van der Waals surface area contributed by atoms with Crippen LogP contribution in [0.25, 0.3) is 0 Å². The number of nitrogens with two attached hydrogens (primary N) is 1. The zero-order valence-electron chi connectivity index (χ0n) is 10.8. The first-order valence-corrected chi connectivity index (χ1v) is 6.34. The number of hydrogen-bond donors (Lipinski definition) is 2. The lowest BCUT2D eigenvalue weighted by atomic mass is 10.1. The van der Waals surface area contributed by atoms with Gasteiger partial charge in [-0.1, -0.05) is 18.2 Å². The maximum absolute atomic E-state index is 13.9. The third kappa shape index (κ3) is 2.02. The topological polar surface area (TPSA) is 58.4 Å². The molecule has 0 saturated heterocycles. The highest BCUT2D eigenvalue weighted by Gasteiger charge is 2.24. The van der Waals surface area contributed by atoms with E-state index in [4.69, 9.17) is 5.73 Å². The Labute approximate surface area is 116 Å². The first-order valence-electron chi connectivity index (χ1n) is 6.34. The van der Waals surface area contributed by atoms with E-state index in [1.165, 1.54) is 6.07 Å². The molecule has 1 aliphatic heterocycles. The van der Waals surface area contributed by atoms with E-state index in [0.717, 1.165) is 11.4 Å². The molecule has 0 spiro atoms. The van der Waals surface area contributed by atoms with Crippen molar-refractivity contribution in [2.24, 2.45) is 5.73 Å². The summed E-state index contributed by atoms with van der Waals surface area (Å²) in [7, 11) is 0. The zero-order valence-corrected chi connectivity index (χ0v) is 10.8. The molecule has 0 aliphatic carbocycles. The predicted molar refractivity (Wildman–Crippen MR) is 76.4 cm³/mol. The molecule has 0 atom stereocenters. The van der Waals surface area contributed by atoms with Gasteiger partial charge in [-0.2, -0.15) is 0 Å². The molecular formula is C15H14FN3O. The van der Waals surface area contributed by atoms with Gasteiger partial charge in [-0.05, 0) is 24.3 Å². The summed E-state index contributed by atoms with van der Waals surface area (Å²) in [6.07, 6.45) is 0. The Balaban J connectivity index is 2.16. The average Bonchev–Trinajstić information content (AvgIpc) is 2.46. The first-order chi connectivity index (χ1) is 9.70. The van der Waals surface area contributed by atoms with Crippen molar-refractivity contribution in [2.45, 2.75) is 6.54 Å². The summed E-state index contributed by atoms with van der Waals surface area (Å²) >= 11 is 0. The highest BCUT2D eigenvalue weighted by atomic mass is 19.1. The summed E-state index contributed by atoms with van der Waals surface area (Å²) in [4.78, 5) is 13.6. The van der Waals surface area contributed by atoms with Gasteiger partial charge in [0, 0.05) is 17.8 Å². The number of benzene rings is 2. The Morgan fingerprint density at radius 1 is 1.15 bits per heavy atom. The van der Waals surface area contributed by atoms with Crippen molar-refractivity contribution in [1.82, 2.24) is 0 Å². The molecule has 3 N–H and O–H groups in total. The molecule has 20 heavy (non-hydrogen) atoms. The number of carbonyl (C=O) groups is 1. The van der Waals surface area contributed by atoms with Gasteiger partial charge in [0.05, 0.1) is 11.4 Å². The van der Waals surface area contributed by atoms with Crippen LogP contribution in [0, 0.1) is 5.82 Å². The lowest BCUT2D eigenvalue weighted by molar-refractivity contribution is -0.115. The van der Waals surface area contributed by atoms with Gasteiger partial charge in [-0.3, -0.25) is 4.79 Å². The fourth-order valence-electron chi connectivity index (χ4n) is 2.45. The summed E-state index contributed by atoms with van der Waals surface area (Å²) in [5.41, 5.74) is 8.25. The van der Waals surface area contributed by atoms with Gasteiger partial charge >= 0.3 is 0 Å². The molecule has 2 aromatic carbocycles. The van der Waals surface area contributed by atoms with Gasteiger partial charge < -0.3 is 16.0 Å². The Kier molecular flexibility index (Phi) is 3.12. The minimum Gasteiger partial charge on any atom is -0.330 e. The molecule has 0 fully saturated rings. The predicted octanol–water partition coefficient (Wildman–Crippen LogP) is 2.37. The number of hydrogen-bond acceptors (Lipinski definition) is 3. The number of nitrogens with zero attached hydrogens (tertiary/aromatic N) is 1. The molecule has 1 heterocycles. The molecule has 102 valence electrons. The zero-order chi connectivity index (χ0) is 14.1. The standard InChI is InChI=1S/C15H14FN3O/c16-11-4-3-7-13(10(11)8-17)19-9-15(20)18-12-5-1-2-6-14(12)19/h1-7H,8-9,17H2,(H,18,20). The lowest BCUT2D eigenvalue weighted by Crippen LogP contribution is -2.35. The van der Waals surface area contributed by atoms with Crippen LogP contribution in [0.1, 0.15) is 5.56 Å². The minimum atomic E-state index is -0.353. The lowest BCUT2D eigenvalue weighted by Gasteiger charge is -2.32. The second kappa shape index (κ2) is 4.94. The van der Waals surface area contributed by atoms with Crippen LogP contribution in [0.4, 0.5) is 21.5 Å². The number of carbonyl (C=O) groups excluding carboxylic acids is 1. The average molecular weight is 271 g/mol. The maximum Gasteiger partial charge on any atom is 0.244 e. The van der Waals surface area contributed by atoms with Crippen molar-refractivity contribution in [2.75, 3.05) is 16.8 Å². The van der Waals surface area contributed by atoms with Crippen molar-refractivity contribution in [1.29, 1.82) is 0 Å². The third-order valence-electron chi connectivity index (χ3n) is 3.36. The molecule has 1 aliphatic rings. The second-order valence-corrected chi connectivity index (χ2v) is 4.59. The van der Waals surface area contributed by atoms with Crippen LogP contribution in [0.3, 0.4) is 0 Å². The monoisotopic (exact) mass is 271 g/mol. The molecule has 0 bridgehead atoms. The Hall–Kier alpha value is -2.40. The molecule has 1 amide bonds. The van der Waals surface area contributed by atoms with Gasteiger partial charge in [-0.25, -0.2) is 4.39 Å². The molecule has 3 rings (SSSR count). The van der Waals surface area contributed by atoms with Gasteiger partial charge in [0.2, 0.25) is 5.91 Å². The largest absolute Gasteiger partial charge is 0.330 e. The van der Waals surface area contributed by atoms with E-state index < -0.39 is 0 Å². The molecule has 0 radical (unpaired) electrons. The van der Waals surface area contributed by atoms with Gasteiger partial charge in [0.15, 0.2) is 0 Å². The van der Waals surface area contributed by atoms with Gasteiger partial charge in [0.25, 0.3) is 0 Å². The number of nitrogens with one attached hydrogen (secondary N) is 1. The van der Waals surface area contributed by atoms with Crippen molar-refractivity contribution >= 4 is 23.0 Å². The third-order valence-corrected chi connectivity index (χ3v) is 3.36. The highest BCUT2D eigenvalue weighted by molar-refractivity contribution is 6.03.